The van der Waals surface area contributed by atoms with Gasteiger partial charge in [0.2, 0.25) is 0 Å². The number of hydrogen-bond acceptors (Lipinski definition) is 3. The van der Waals surface area contributed by atoms with Crippen molar-refractivity contribution in [1.29, 1.82) is 0 Å². The third-order valence-electron chi connectivity index (χ3n) is 4.76. The van der Waals surface area contributed by atoms with Crippen molar-refractivity contribution in [2.45, 2.75) is 46.0 Å². The summed E-state index contributed by atoms with van der Waals surface area (Å²) in [4.78, 5) is 7.14. The Bertz CT molecular complexity index is 857. The largest absolute Gasteiger partial charge is 0.383 e. The summed E-state index contributed by atoms with van der Waals surface area (Å²) >= 11 is 1.73. The van der Waals surface area contributed by atoms with E-state index in [0.29, 0.717) is 0 Å². The Morgan fingerprint density at radius 2 is 2.00 bits per heavy atom. The third-order valence-corrected chi connectivity index (χ3v) is 5.76. The van der Waals surface area contributed by atoms with E-state index in [1.807, 2.05) is 0 Å². The first-order valence-electron chi connectivity index (χ1n) is 8.07. The number of aromatic nitrogens is 2. The molecule has 0 spiro atoms. The molecule has 4 heteroatoms. The number of nitrogens with zero attached hydrogens (tertiary/aromatic N) is 2. The molecule has 0 aliphatic heterocycles. The second-order valence-corrected chi connectivity index (χ2v) is 7.29. The Hall–Kier alpha value is -1.81. The molecule has 0 amide bonds. The molecule has 22 heavy (non-hydrogen) atoms. The van der Waals surface area contributed by atoms with Gasteiger partial charge in [-0.2, -0.15) is 0 Å². The predicted molar refractivity (Wildman–Crippen MR) is 93.7 cm³/mol. The van der Waals surface area contributed by atoms with Crippen molar-refractivity contribution in [3.8, 4) is 11.3 Å². The monoisotopic (exact) mass is 311 g/mol. The van der Waals surface area contributed by atoms with E-state index in [1.165, 1.54) is 47.4 Å². The van der Waals surface area contributed by atoms with Gasteiger partial charge in [-0.3, -0.25) is 4.40 Å². The van der Waals surface area contributed by atoms with Gasteiger partial charge in [0.15, 0.2) is 4.96 Å². The van der Waals surface area contributed by atoms with Crippen molar-refractivity contribution in [1.82, 2.24) is 9.38 Å². The van der Waals surface area contributed by atoms with E-state index in [9.17, 15) is 0 Å². The standard InChI is InChI=1S/C18H21N3S/c1-3-15-11(2)22-18-20-16(17(19)21(15)18)14-9-8-12-6-4-5-7-13(12)10-14/h8-10H,3-7,19H2,1-2H3. The number of nitrogens with two attached hydrogens (primary N) is 1. The molecule has 3 nitrogen and oxygen atoms in total. The highest BCUT2D eigenvalue weighted by Crippen LogP contribution is 2.34. The maximum absolute atomic E-state index is 6.44. The molecular weight excluding hydrogens is 290 g/mol. The first-order chi connectivity index (χ1) is 10.7. The van der Waals surface area contributed by atoms with Crippen LogP contribution in [0, 0.1) is 6.92 Å². The summed E-state index contributed by atoms with van der Waals surface area (Å²) in [6, 6.07) is 6.75. The highest BCUT2D eigenvalue weighted by atomic mass is 32.1. The van der Waals surface area contributed by atoms with Gasteiger partial charge < -0.3 is 5.73 Å². The van der Waals surface area contributed by atoms with E-state index in [1.54, 1.807) is 11.3 Å². The van der Waals surface area contributed by atoms with Crippen LogP contribution in [-0.2, 0) is 19.3 Å². The van der Waals surface area contributed by atoms with Gasteiger partial charge in [0.1, 0.15) is 11.5 Å². The number of fused-ring (bicyclic) bond motifs is 2. The number of thiazole rings is 1. The summed E-state index contributed by atoms with van der Waals surface area (Å²) in [7, 11) is 0. The fourth-order valence-electron chi connectivity index (χ4n) is 3.59. The van der Waals surface area contributed by atoms with Crippen molar-refractivity contribution in [2.24, 2.45) is 0 Å². The summed E-state index contributed by atoms with van der Waals surface area (Å²) in [5.41, 5.74) is 12.8. The summed E-state index contributed by atoms with van der Waals surface area (Å²) in [6.07, 6.45) is 5.99. The van der Waals surface area contributed by atoms with Gasteiger partial charge in [0.05, 0.1) is 0 Å². The third kappa shape index (κ3) is 1.97. The topological polar surface area (TPSA) is 43.3 Å². The maximum atomic E-state index is 6.44. The fraction of sp³-hybridized carbons (Fsp3) is 0.389. The normalized spacial score (nSPS) is 14.5. The molecule has 1 aromatic carbocycles. The molecule has 1 aliphatic rings. The number of imidazole rings is 1. The molecule has 114 valence electrons. The number of anilines is 1. The van der Waals surface area contributed by atoms with E-state index in [2.05, 4.69) is 36.4 Å². The Balaban J connectivity index is 1.87. The first-order valence-corrected chi connectivity index (χ1v) is 8.89. The average molecular weight is 311 g/mol. The number of nitrogen functional groups attached to an aromatic ring is 1. The van der Waals surface area contributed by atoms with Crippen LogP contribution in [0.2, 0.25) is 0 Å². The molecule has 0 unspecified atom stereocenters. The van der Waals surface area contributed by atoms with E-state index in [-0.39, 0.29) is 0 Å². The lowest BCUT2D eigenvalue weighted by atomic mass is 9.90. The van der Waals surface area contributed by atoms with Crippen molar-refractivity contribution in [3.63, 3.8) is 0 Å². The van der Waals surface area contributed by atoms with E-state index < -0.39 is 0 Å². The zero-order valence-electron chi connectivity index (χ0n) is 13.1. The minimum absolute atomic E-state index is 0.784. The van der Waals surface area contributed by atoms with Crippen molar-refractivity contribution < 1.29 is 0 Å². The van der Waals surface area contributed by atoms with Gasteiger partial charge in [0.25, 0.3) is 0 Å². The molecule has 2 N–H and O–H groups in total. The average Bonchev–Trinajstić information content (AvgIpc) is 3.02. The first kappa shape index (κ1) is 13.8. The highest BCUT2D eigenvalue weighted by molar-refractivity contribution is 7.17. The molecule has 0 atom stereocenters. The zero-order valence-corrected chi connectivity index (χ0v) is 14.0. The fourth-order valence-corrected chi connectivity index (χ4v) is 4.66. The number of benzene rings is 1. The van der Waals surface area contributed by atoms with E-state index in [4.69, 9.17) is 10.7 Å². The molecule has 2 aromatic heterocycles. The molecule has 0 saturated carbocycles. The van der Waals surface area contributed by atoms with Crippen LogP contribution in [0.25, 0.3) is 16.2 Å². The van der Waals surface area contributed by atoms with E-state index in [0.717, 1.165) is 28.5 Å². The van der Waals surface area contributed by atoms with Crippen LogP contribution in [0.3, 0.4) is 0 Å². The molecule has 0 radical (unpaired) electrons. The smallest absolute Gasteiger partial charge is 0.196 e. The minimum Gasteiger partial charge on any atom is -0.383 e. The molecule has 0 bridgehead atoms. The molecule has 1 aliphatic carbocycles. The maximum Gasteiger partial charge on any atom is 0.196 e. The van der Waals surface area contributed by atoms with Crippen LogP contribution in [0.1, 0.15) is 41.5 Å². The van der Waals surface area contributed by atoms with Gasteiger partial charge in [-0.1, -0.05) is 19.1 Å². The Labute approximate surface area is 134 Å². The molecule has 3 aromatic rings. The Morgan fingerprint density at radius 1 is 1.23 bits per heavy atom. The molecule has 2 heterocycles. The molecule has 4 rings (SSSR count). The van der Waals surface area contributed by atoms with Crippen LogP contribution in [0.4, 0.5) is 5.82 Å². The lowest BCUT2D eigenvalue weighted by Crippen LogP contribution is -2.03. The SMILES string of the molecule is CCc1c(C)sc2nc(-c3ccc4c(c3)CCCC4)c(N)n12. The summed E-state index contributed by atoms with van der Waals surface area (Å²) in [6.45, 7) is 4.32. The van der Waals surface area contributed by atoms with Crippen molar-refractivity contribution in [2.75, 3.05) is 5.73 Å². The van der Waals surface area contributed by atoms with Gasteiger partial charge >= 0.3 is 0 Å². The molecule has 0 saturated heterocycles. The summed E-state index contributed by atoms with van der Waals surface area (Å²) < 4.78 is 2.13. The lowest BCUT2D eigenvalue weighted by Gasteiger charge is -2.16. The van der Waals surface area contributed by atoms with Crippen molar-refractivity contribution in [3.05, 3.63) is 39.9 Å². The molecular formula is C18H21N3S. The summed E-state index contributed by atoms with van der Waals surface area (Å²) in [5, 5.41) is 0. The zero-order chi connectivity index (χ0) is 15.3. The van der Waals surface area contributed by atoms with Crippen molar-refractivity contribution >= 4 is 22.1 Å². The van der Waals surface area contributed by atoms with Gasteiger partial charge in [-0.05, 0) is 56.2 Å². The highest BCUT2D eigenvalue weighted by Gasteiger charge is 2.18. The Morgan fingerprint density at radius 3 is 2.77 bits per heavy atom. The minimum atomic E-state index is 0.784. The second kappa shape index (κ2) is 5.13. The molecule has 0 fully saturated rings. The number of rotatable bonds is 2. The van der Waals surface area contributed by atoms with Crippen LogP contribution in [-0.4, -0.2) is 9.38 Å². The van der Waals surface area contributed by atoms with Crippen LogP contribution in [0.5, 0.6) is 0 Å². The van der Waals surface area contributed by atoms with Gasteiger partial charge in [-0.25, -0.2) is 4.98 Å². The Kier molecular flexibility index (Phi) is 3.22. The summed E-state index contributed by atoms with van der Waals surface area (Å²) in [5.74, 6) is 0.784. The second-order valence-electron chi connectivity index (χ2n) is 6.11. The number of hydrogen-bond donors (Lipinski definition) is 1. The van der Waals surface area contributed by atoms with Crippen LogP contribution in [0.15, 0.2) is 18.2 Å². The van der Waals surface area contributed by atoms with Gasteiger partial charge in [-0.15, -0.1) is 11.3 Å². The predicted octanol–water partition coefficient (Wildman–Crippen LogP) is 4.39. The van der Waals surface area contributed by atoms with Crippen LogP contribution >= 0.6 is 11.3 Å². The quantitative estimate of drug-likeness (QED) is 0.762. The van der Waals surface area contributed by atoms with E-state index >= 15 is 0 Å². The van der Waals surface area contributed by atoms with Gasteiger partial charge in [0, 0.05) is 16.1 Å². The van der Waals surface area contributed by atoms with Crippen LogP contribution < -0.4 is 5.73 Å². The lowest BCUT2D eigenvalue weighted by molar-refractivity contribution is 0.686. The number of aryl methyl sites for hydroxylation is 4.